The van der Waals surface area contributed by atoms with E-state index >= 15 is 0 Å². The number of rotatable bonds is 5. The molecule has 1 aliphatic carbocycles. The fraction of sp³-hybridized carbons (Fsp3) is 0.158. The highest BCUT2D eigenvalue weighted by molar-refractivity contribution is 5.73. The minimum absolute atomic E-state index is 0.239. The first-order chi connectivity index (χ1) is 13.1. The Morgan fingerprint density at radius 2 is 2.19 bits per heavy atom. The average Bonchev–Trinajstić information content (AvgIpc) is 3.28. The molecule has 0 spiro atoms. The SMILES string of the molecule is C=CC=C(C=C)c1cc(=NC2CC2)n2ncc(=Cc3[nH]c(=O)[nH]c3O)c2n1. The molecule has 0 radical (unpaired) electrons. The Hall–Kier alpha value is -3.68. The zero-order chi connectivity index (χ0) is 19.0. The minimum atomic E-state index is -0.490. The van der Waals surface area contributed by atoms with Gasteiger partial charge in [-0.25, -0.2) is 9.78 Å². The lowest BCUT2D eigenvalue weighted by Gasteiger charge is -2.03. The van der Waals surface area contributed by atoms with Crippen LogP contribution in [-0.2, 0) is 0 Å². The third kappa shape index (κ3) is 3.24. The van der Waals surface area contributed by atoms with Crippen molar-refractivity contribution in [2.75, 3.05) is 0 Å². The molecule has 3 N–H and O–H groups in total. The lowest BCUT2D eigenvalue weighted by Crippen LogP contribution is -2.20. The van der Waals surface area contributed by atoms with Gasteiger partial charge in [-0.15, -0.1) is 0 Å². The second kappa shape index (κ2) is 6.56. The van der Waals surface area contributed by atoms with E-state index in [0.29, 0.717) is 28.1 Å². The molecule has 136 valence electrons. The molecule has 1 aliphatic rings. The fourth-order valence-corrected chi connectivity index (χ4v) is 2.73. The molecule has 8 heteroatoms. The maximum Gasteiger partial charge on any atom is 0.326 e. The lowest BCUT2D eigenvalue weighted by atomic mass is 10.1. The lowest BCUT2D eigenvalue weighted by molar-refractivity contribution is 0.454. The number of aromatic hydroxyl groups is 1. The molecule has 0 bridgehead atoms. The van der Waals surface area contributed by atoms with Crippen LogP contribution in [-0.4, -0.2) is 35.7 Å². The van der Waals surface area contributed by atoms with Crippen LogP contribution in [0.1, 0.15) is 24.2 Å². The third-order valence-electron chi connectivity index (χ3n) is 4.19. The van der Waals surface area contributed by atoms with Gasteiger partial charge in [-0.3, -0.25) is 9.98 Å². The Balaban J connectivity index is 2.01. The summed E-state index contributed by atoms with van der Waals surface area (Å²) in [7, 11) is 0. The van der Waals surface area contributed by atoms with Gasteiger partial charge in [0.15, 0.2) is 11.1 Å². The summed E-state index contributed by atoms with van der Waals surface area (Å²) < 4.78 is 1.66. The first-order valence-corrected chi connectivity index (χ1v) is 8.50. The summed E-state index contributed by atoms with van der Waals surface area (Å²) in [6.45, 7) is 7.57. The van der Waals surface area contributed by atoms with Crippen molar-refractivity contribution < 1.29 is 5.11 Å². The van der Waals surface area contributed by atoms with Crippen molar-refractivity contribution in [1.82, 2.24) is 24.6 Å². The fourth-order valence-electron chi connectivity index (χ4n) is 2.73. The monoisotopic (exact) mass is 362 g/mol. The Kier molecular flexibility index (Phi) is 4.08. The molecule has 0 atom stereocenters. The largest absolute Gasteiger partial charge is 0.493 e. The van der Waals surface area contributed by atoms with Gasteiger partial charge in [-0.05, 0) is 24.5 Å². The molecule has 0 amide bonds. The van der Waals surface area contributed by atoms with Gasteiger partial charge in [0.2, 0.25) is 5.88 Å². The van der Waals surface area contributed by atoms with Crippen molar-refractivity contribution in [3.05, 3.63) is 76.2 Å². The molecule has 27 heavy (non-hydrogen) atoms. The Morgan fingerprint density at radius 1 is 1.37 bits per heavy atom. The summed E-state index contributed by atoms with van der Waals surface area (Å²) >= 11 is 0. The van der Waals surface area contributed by atoms with Crippen molar-refractivity contribution in [3.8, 4) is 5.88 Å². The van der Waals surface area contributed by atoms with Gasteiger partial charge in [-0.2, -0.15) is 9.61 Å². The van der Waals surface area contributed by atoms with Gasteiger partial charge >= 0.3 is 5.69 Å². The zero-order valence-electron chi connectivity index (χ0n) is 14.5. The third-order valence-corrected chi connectivity index (χ3v) is 4.19. The van der Waals surface area contributed by atoms with Crippen LogP contribution in [0.2, 0.25) is 0 Å². The highest BCUT2D eigenvalue weighted by atomic mass is 16.3. The number of aromatic amines is 2. The average molecular weight is 362 g/mol. The maximum atomic E-state index is 11.4. The smallest absolute Gasteiger partial charge is 0.326 e. The summed E-state index contributed by atoms with van der Waals surface area (Å²) in [5.41, 5.74) is 2.53. The molecule has 3 aromatic rings. The highest BCUT2D eigenvalue weighted by Crippen LogP contribution is 2.22. The molecule has 8 nitrogen and oxygen atoms in total. The minimum Gasteiger partial charge on any atom is -0.493 e. The molecule has 4 rings (SSSR count). The van der Waals surface area contributed by atoms with Gasteiger partial charge in [0.25, 0.3) is 0 Å². The standard InChI is InChI=1S/C19H18N6O2/c1-3-5-11(4-2)14-9-16(21-13-6-7-13)25-17(22-14)12(10-20-25)8-15-18(26)24-19(27)23-15/h3-5,8-10,13,26H,1-2,6-7H2,(H2,23,24,27). The van der Waals surface area contributed by atoms with Gasteiger partial charge in [0.1, 0.15) is 5.69 Å². The van der Waals surface area contributed by atoms with Crippen LogP contribution in [0, 0.1) is 0 Å². The predicted molar refractivity (Wildman–Crippen MR) is 102 cm³/mol. The van der Waals surface area contributed by atoms with Crippen LogP contribution in [0.15, 0.2) is 53.4 Å². The van der Waals surface area contributed by atoms with Gasteiger partial charge in [0, 0.05) is 11.3 Å². The number of hydrogen-bond donors (Lipinski definition) is 3. The topological polar surface area (TPSA) is 111 Å². The second-order valence-electron chi connectivity index (χ2n) is 6.24. The van der Waals surface area contributed by atoms with Gasteiger partial charge in [-0.1, -0.05) is 31.4 Å². The summed E-state index contributed by atoms with van der Waals surface area (Å²) in [6, 6.07) is 2.18. The second-order valence-corrected chi connectivity index (χ2v) is 6.24. The molecular weight excluding hydrogens is 344 g/mol. The van der Waals surface area contributed by atoms with E-state index in [1.54, 1.807) is 28.9 Å². The molecule has 0 saturated heterocycles. The van der Waals surface area contributed by atoms with Crippen molar-refractivity contribution in [2.45, 2.75) is 18.9 Å². The van der Waals surface area contributed by atoms with E-state index in [1.165, 1.54) is 0 Å². The van der Waals surface area contributed by atoms with Crippen LogP contribution < -0.4 is 16.4 Å². The quantitative estimate of drug-likeness (QED) is 0.583. The number of allylic oxidation sites excluding steroid dienone is 4. The number of fused-ring (bicyclic) bond motifs is 1. The van der Waals surface area contributed by atoms with Crippen molar-refractivity contribution in [1.29, 1.82) is 0 Å². The number of nitrogens with one attached hydrogen (secondary N) is 2. The van der Waals surface area contributed by atoms with Crippen molar-refractivity contribution >= 4 is 17.3 Å². The summed E-state index contributed by atoms with van der Waals surface area (Å²) in [4.78, 5) is 25.6. The molecule has 0 aromatic carbocycles. The van der Waals surface area contributed by atoms with E-state index < -0.39 is 5.69 Å². The molecular formula is C19H18N6O2. The van der Waals surface area contributed by atoms with Crippen molar-refractivity contribution in [3.63, 3.8) is 0 Å². The van der Waals surface area contributed by atoms with Crippen LogP contribution in [0.4, 0.5) is 0 Å². The maximum absolute atomic E-state index is 11.4. The molecule has 3 aromatic heterocycles. The van der Waals surface area contributed by atoms with Crippen LogP contribution in [0.5, 0.6) is 5.88 Å². The number of nitrogens with zero attached hydrogens (tertiary/aromatic N) is 4. The predicted octanol–water partition coefficient (Wildman–Crippen LogP) is 0.817. The van der Waals surface area contributed by atoms with Crippen LogP contribution in [0.25, 0.3) is 17.3 Å². The zero-order valence-corrected chi connectivity index (χ0v) is 14.5. The van der Waals surface area contributed by atoms with E-state index in [0.717, 1.165) is 18.4 Å². The highest BCUT2D eigenvalue weighted by Gasteiger charge is 2.20. The first kappa shape index (κ1) is 16.8. The summed E-state index contributed by atoms with van der Waals surface area (Å²) in [6.07, 6.45) is 10.6. The van der Waals surface area contributed by atoms with Gasteiger partial charge < -0.3 is 10.1 Å². The molecule has 1 fully saturated rings. The molecule has 0 unspecified atom stereocenters. The Bertz CT molecular complexity index is 1250. The number of imidazole rings is 1. The Labute approximate surface area is 153 Å². The Morgan fingerprint density at radius 3 is 2.81 bits per heavy atom. The number of aromatic nitrogens is 5. The normalized spacial score (nSPS) is 16.2. The van der Waals surface area contributed by atoms with Crippen molar-refractivity contribution in [2.24, 2.45) is 4.99 Å². The van der Waals surface area contributed by atoms with E-state index in [2.05, 4.69) is 33.2 Å². The van der Waals surface area contributed by atoms with E-state index in [1.807, 2.05) is 12.1 Å². The van der Waals surface area contributed by atoms with E-state index in [4.69, 9.17) is 4.99 Å². The van der Waals surface area contributed by atoms with Crippen LogP contribution >= 0.6 is 0 Å². The summed E-state index contributed by atoms with van der Waals surface area (Å²) in [5, 5.41) is 14.8. The number of hydrogen-bond acceptors (Lipinski definition) is 5. The molecule has 1 saturated carbocycles. The molecule has 0 aliphatic heterocycles. The van der Waals surface area contributed by atoms with E-state index in [-0.39, 0.29) is 11.6 Å². The van der Waals surface area contributed by atoms with Crippen LogP contribution in [0.3, 0.4) is 0 Å². The molecule has 3 heterocycles. The first-order valence-electron chi connectivity index (χ1n) is 8.50. The number of H-pyrrole nitrogens is 2. The summed E-state index contributed by atoms with van der Waals surface area (Å²) in [5.74, 6) is -0.239. The van der Waals surface area contributed by atoms with E-state index in [9.17, 15) is 9.90 Å². The van der Waals surface area contributed by atoms with Gasteiger partial charge in [0.05, 0.1) is 17.9 Å².